The number of benzene rings is 1. The minimum Gasteiger partial charge on any atom is -0.481 e. The normalized spacial score (nSPS) is 18.1. The quantitative estimate of drug-likeness (QED) is 0.941. The predicted octanol–water partition coefficient (Wildman–Crippen LogP) is 3.09. The van der Waals surface area contributed by atoms with E-state index in [0.29, 0.717) is 18.5 Å². The minimum absolute atomic E-state index is 0.00848. The van der Waals surface area contributed by atoms with Crippen LogP contribution in [0.3, 0.4) is 0 Å². The second-order valence-electron chi connectivity index (χ2n) is 5.99. The fourth-order valence-corrected chi connectivity index (χ4v) is 3.23. The highest BCUT2D eigenvalue weighted by atomic mass is 16.4. The molecule has 5 heteroatoms. The molecule has 1 aliphatic rings. The maximum absolute atomic E-state index is 12.9. The average molecular weight is 312 g/mol. The zero-order chi connectivity index (χ0) is 16.2. The summed E-state index contributed by atoms with van der Waals surface area (Å²) in [5.41, 5.74) is 1.51. The van der Waals surface area contributed by atoms with Crippen LogP contribution in [0, 0.1) is 0 Å². The van der Waals surface area contributed by atoms with E-state index in [9.17, 15) is 9.59 Å². The average Bonchev–Trinajstić information content (AvgIpc) is 2.59. The molecule has 0 spiro atoms. The first-order valence-electron chi connectivity index (χ1n) is 8.03. The molecule has 0 bridgehead atoms. The monoisotopic (exact) mass is 312 g/mol. The van der Waals surface area contributed by atoms with Crippen molar-refractivity contribution in [3.8, 4) is 0 Å². The van der Waals surface area contributed by atoms with Gasteiger partial charge in [0.15, 0.2) is 0 Å². The number of carboxylic acids is 1. The number of carboxylic acid groups (broad SMARTS) is 1. The van der Waals surface area contributed by atoms with E-state index in [1.807, 2.05) is 29.2 Å². The molecule has 1 aliphatic heterocycles. The minimum atomic E-state index is -0.806. The number of aliphatic carboxylic acids is 1. The van der Waals surface area contributed by atoms with Crippen LogP contribution in [0.15, 0.2) is 36.5 Å². The maximum Gasteiger partial charge on any atom is 0.303 e. The number of likely N-dealkylation sites (tertiary alicyclic amines) is 1. The van der Waals surface area contributed by atoms with E-state index in [1.54, 1.807) is 12.3 Å². The SMILES string of the molecule is O=C(O)CCC1CCCCN1C(=O)c1ccc2ncccc2c1. The molecule has 2 aromatic rings. The third-order valence-corrected chi connectivity index (χ3v) is 4.43. The number of amides is 1. The molecule has 3 rings (SSSR count). The predicted molar refractivity (Wildman–Crippen MR) is 87.3 cm³/mol. The Balaban J connectivity index is 1.81. The van der Waals surface area contributed by atoms with Gasteiger partial charge in [0.1, 0.15) is 0 Å². The summed E-state index contributed by atoms with van der Waals surface area (Å²) < 4.78 is 0. The molecule has 1 atom stereocenters. The Labute approximate surface area is 134 Å². The molecule has 1 saturated heterocycles. The van der Waals surface area contributed by atoms with E-state index >= 15 is 0 Å². The van der Waals surface area contributed by atoms with Gasteiger partial charge in [0.25, 0.3) is 5.91 Å². The van der Waals surface area contributed by atoms with E-state index in [4.69, 9.17) is 5.11 Å². The summed E-state index contributed by atoms with van der Waals surface area (Å²) in [6.07, 6.45) is 5.27. The number of carbonyl (C=O) groups excluding carboxylic acids is 1. The standard InChI is InChI=1S/C18H20N2O3/c21-17(22)9-7-15-5-1-2-11-20(15)18(23)14-6-8-16-13(12-14)4-3-10-19-16/h3-4,6,8,10,12,15H,1-2,5,7,9,11H2,(H,21,22). The Morgan fingerprint density at radius 3 is 2.96 bits per heavy atom. The van der Waals surface area contributed by atoms with Crippen molar-refractivity contribution in [3.05, 3.63) is 42.1 Å². The van der Waals surface area contributed by atoms with E-state index in [-0.39, 0.29) is 18.4 Å². The fourth-order valence-electron chi connectivity index (χ4n) is 3.23. The van der Waals surface area contributed by atoms with Crippen molar-refractivity contribution >= 4 is 22.8 Å². The molecule has 1 unspecified atom stereocenters. The van der Waals surface area contributed by atoms with Crippen LogP contribution in [0.4, 0.5) is 0 Å². The van der Waals surface area contributed by atoms with E-state index in [0.717, 1.165) is 30.2 Å². The molecular weight excluding hydrogens is 292 g/mol. The van der Waals surface area contributed by atoms with Gasteiger partial charge in [-0.2, -0.15) is 0 Å². The van der Waals surface area contributed by atoms with Crippen LogP contribution in [-0.4, -0.2) is 39.5 Å². The third-order valence-electron chi connectivity index (χ3n) is 4.43. The van der Waals surface area contributed by atoms with Crippen molar-refractivity contribution in [2.24, 2.45) is 0 Å². The van der Waals surface area contributed by atoms with Gasteiger partial charge in [0, 0.05) is 36.2 Å². The van der Waals surface area contributed by atoms with Gasteiger partial charge in [-0.25, -0.2) is 0 Å². The van der Waals surface area contributed by atoms with Crippen LogP contribution >= 0.6 is 0 Å². The van der Waals surface area contributed by atoms with Crippen LogP contribution in [-0.2, 0) is 4.79 Å². The number of hydrogen-bond donors (Lipinski definition) is 1. The van der Waals surface area contributed by atoms with Crippen LogP contribution < -0.4 is 0 Å². The van der Waals surface area contributed by atoms with Crippen molar-refractivity contribution in [2.45, 2.75) is 38.1 Å². The molecule has 1 N–H and O–H groups in total. The smallest absolute Gasteiger partial charge is 0.303 e. The van der Waals surface area contributed by atoms with Crippen molar-refractivity contribution in [1.29, 1.82) is 0 Å². The second kappa shape index (κ2) is 6.77. The van der Waals surface area contributed by atoms with Crippen LogP contribution in [0.2, 0.25) is 0 Å². The Bertz CT molecular complexity index is 729. The maximum atomic E-state index is 12.9. The van der Waals surface area contributed by atoms with Crippen molar-refractivity contribution in [1.82, 2.24) is 9.88 Å². The highest BCUT2D eigenvalue weighted by Gasteiger charge is 2.27. The molecule has 1 fully saturated rings. The number of pyridine rings is 1. The van der Waals surface area contributed by atoms with Gasteiger partial charge in [-0.3, -0.25) is 14.6 Å². The van der Waals surface area contributed by atoms with Crippen molar-refractivity contribution in [3.63, 3.8) is 0 Å². The number of fused-ring (bicyclic) bond motifs is 1. The molecule has 1 amide bonds. The van der Waals surface area contributed by atoms with Gasteiger partial charge >= 0.3 is 5.97 Å². The first-order valence-corrected chi connectivity index (χ1v) is 8.03. The zero-order valence-electron chi connectivity index (χ0n) is 12.9. The van der Waals surface area contributed by atoms with Crippen LogP contribution in [0.25, 0.3) is 10.9 Å². The number of piperidine rings is 1. The lowest BCUT2D eigenvalue weighted by Gasteiger charge is -2.35. The summed E-state index contributed by atoms with van der Waals surface area (Å²) >= 11 is 0. The largest absolute Gasteiger partial charge is 0.481 e. The second-order valence-corrected chi connectivity index (χ2v) is 5.99. The third kappa shape index (κ3) is 3.50. The number of rotatable bonds is 4. The number of nitrogens with zero attached hydrogens (tertiary/aromatic N) is 2. The summed E-state index contributed by atoms with van der Waals surface area (Å²) in [4.78, 5) is 29.8. The Morgan fingerprint density at radius 2 is 2.13 bits per heavy atom. The van der Waals surface area contributed by atoms with Gasteiger partial charge < -0.3 is 10.0 Å². The van der Waals surface area contributed by atoms with Gasteiger partial charge in [-0.1, -0.05) is 6.07 Å². The summed E-state index contributed by atoms with van der Waals surface area (Å²) in [5.74, 6) is -0.814. The fraction of sp³-hybridized carbons (Fsp3) is 0.389. The first-order chi connectivity index (χ1) is 11.1. The first kappa shape index (κ1) is 15.5. The topological polar surface area (TPSA) is 70.5 Å². The van der Waals surface area contributed by atoms with Crippen LogP contribution in [0.5, 0.6) is 0 Å². The molecule has 0 radical (unpaired) electrons. The van der Waals surface area contributed by atoms with Crippen molar-refractivity contribution < 1.29 is 14.7 Å². The van der Waals surface area contributed by atoms with Gasteiger partial charge in [-0.15, -0.1) is 0 Å². The molecular formula is C18H20N2O3. The molecule has 5 nitrogen and oxygen atoms in total. The van der Waals surface area contributed by atoms with E-state index < -0.39 is 5.97 Å². The molecule has 1 aromatic carbocycles. The molecule has 2 heterocycles. The lowest BCUT2D eigenvalue weighted by atomic mass is 9.96. The Morgan fingerprint density at radius 1 is 1.26 bits per heavy atom. The van der Waals surface area contributed by atoms with Gasteiger partial charge in [0.05, 0.1) is 5.52 Å². The summed E-state index contributed by atoms with van der Waals surface area (Å²) in [6, 6.07) is 9.36. The van der Waals surface area contributed by atoms with Crippen LogP contribution in [0.1, 0.15) is 42.5 Å². The van der Waals surface area contributed by atoms with Crippen molar-refractivity contribution in [2.75, 3.05) is 6.54 Å². The van der Waals surface area contributed by atoms with Gasteiger partial charge in [-0.05, 0) is 49.9 Å². The molecule has 1 aromatic heterocycles. The summed E-state index contributed by atoms with van der Waals surface area (Å²) in [6.45, 7) is 0.703. The molecule has 0 saturated carbocycles. The number of carbonyl (C=O) groups is 2. The Kier molecular flexibility index (Phi) is 4.55. The lowest BCUT2D eigenvalue weighted by Crippen LogP contribution is -2.43. The molecule has 120 valence electrons. The van der Waals surface area contributed by atoms with E-state index in [1.165, 1.54) is 0 Å². The highest BCUT2D eigenvalue weighted by molar-refractivity contribution is 5.98. The summed E-state index contributed by atoms with van der Waals surface area (Å²) in [5, 5.41) is 9.84. The number of hydrogen-bond acceptors (Lipinski definition) is 3. The van der Waals surface area contributed by atoms with E-state index in [2.05, 4.69) is 4.98 Å². The highest BCUT2D eigenvalue weighted by Crippen LogP contribution is 2.24. The number of aromatic nitrogens is 1. The lowest BCUT2D eigenvalue weighted by molar-refractivity contribution is -0.137. The van der Waals surface area contributed by atoms with Gasteiger partial charge in [0.2, 0.25) is 0 Å². The molecule has 23 heavy (non-hydrogen) atoms. The molecule has 0 aliphatic carbocycles. The Hall–Kier alpha value is -2.43. The zero-order valence-corrected chi connectivity index (χ0v) is 12.9. The summed E-state index contributed by atoms with van der Waals surface area (Å²) in [7, 11) is 0.